The molecule has 1 atom stereocenters. The lowest BCUT2D eigenvalue weighted by atomic mass is 9.94. The van der Waals surface area contributed by atoms with Gasteiger partial charge in [0, 0.05) is 0 Å². The highest BCUT2D eigenvalue weighted by Crippen LogP contribution is 2.39. The molecular formula is C16H15Cl2N3S. The predicted molar refractivity (Wildman–Crippen MR) is 94.8 cm³/mol. The zero-order chi connectivity index (χ0) is 15.9. The number of hydrogen-bond acceptors (Lipinski definition) is 3. The summed E-state index contributed by atoms with van der Waals surface area (Å²) in [6.45, 7) is 2.55. The normalized spacial score (nSPS) is 17.5. The van der Waals surface area contributed by atoms with E-state index in [-0.39, 0.29) is 5.92 Å². The second-order valence-corrected chi connectivity index (χ2v) is 6.80. The second kappa shape index (κ2) is 6.11. The number of nitrogens with zero attached hydrogens (tertiary/aromatic N) is 2. The van der Waals surface area contributed by atoms with Crippen LogP contribution in [0.5, 0.6) is 0 Å². The minimum absolute atomic E-state index is 0.0943. The van der Waals surface area contributed by atoms with Crippen molar-refractivity contribution in [2.24, 2.45) is 0 Å². The van der Waals surface area contributed by atoms with E-state index < -0.39 is 0 Å². The van der Waals surface area contributed by atoms with Gasteiger partial charge in [-0.05, 0) is 36.9 Å². The van der Waals surface area contributed by atoms with Crippen LogP contribution in [0.15, 0.2) is 35.4 Å². The summed E-state index contributed by atoms with van der Waals surface area (Å²) in [5.41, 5.74) is 2.77. The largest absolute Gasteiger partial charge is 0.323 e. The predicted octanol–water partition coefficient (Wildman–Crippen LogP) is 5.21. The number of rotatable bonds is 2. The molecule has 0 amide bonds. The molecule has 0 radical (unpaired) electrons. The van der Waals surface area contributed by atoms with Crippen molar-refractivity contribution in [3.8, 4) is 0 Å². The summed E-state index contributed by atoms with van der Waals surface area (Å²) in [6.07, 6.45) is 2.00. The van der Waals surface area contributed by atoms with E-state index in [1.807, 2.05) is 30.2 Å². The van der Waals surface area contributed by atoms with E-state index in [0.717, 1.165) is 16.3 Å². The number of fused-ring (bicyclic) bond motifs is 1. The number of hydrogen-bond donors (Lipinski definition) is 1. The van der Waals surface area contributed by atoms with Crippen LogP contribution in [0.2, 0.25) is 10.0 Å². The second-order valence-electron chi connectivity index (χ2n) is 5.16. The van der Waals surface area contributed by atoms with Crippen molar-refractivity contribution in [3.63, 3.8) is 0 Å². The van der Waals surface area contributed by atoms with Gasteiger partial charge in [0.05, 0.1) is 38.9 Å². The summed E-state index contributed by atoms with van der Waals surface area (Å²) in [4.78, 5) is 6.54. The lowest BCUT2D eigenvalue weighted by Gasteiger charge is -2.35. The highest BCUT2D eigenvalue weighted by molar-refractivity contribution is 7.98. The molecule has 0 bridgehead atoms. The van der Waals surface area contributed by atoms with Gasteiger partial charge < -0.3 is 4.90 Å². The number of aromatic nitrogens is 1. The lowest BCUT2D eigenvalue weighted by Crippen LogP contribution is -2.39. The fourth-order valence-corrected chi connectivity index (χ4v) is 3.67. The van der Waals surface area contributed by atoms with Crippen LogP contribution in [-0.2, 0) is 6.54 Å². The van der Waals surface area contributed by atoms with Crippen molar-refractivity contribution in [3.05, 3.63) is 51.6 Å². The van der Waals surface area contributed by atoms with Crippen LogP contribution in [0.1, 0.15) is 24.1 Å². The van der Waals surface area contributed by atoms with Crippen LogP contribution in [0, 0.1) is 5.41 Å². The highest BCUT2D eigenvalue weighted by Gasteiger charge is 2.31. The van der Waals surface area contributed by atoms with E-state index in [4.69, 9.17) is 28.6 Å². The summed E-state index contributed by atoms with van der Waals surface area (Å²) in [5.74, 6) is 0.372. The number of amidine groups is 1. The van der Waals surface area contributed by atoms with E-state index in [1.165, 1.54) is 0 Å². The first-order chi connectivity index (χ1) is 10.5. The minimum atomic E-state index is -0.0943. The summed E-state index contributed by atoms with van der Waals surface area (Å²) in [7, 11) is 0. The third kappa shape index (κ3) is 2.60. The number of thioether (sulfide) groups is 1. The highest BCUT2D eigenvalue weighted by atomic mass is 35.5. The van der Waals surface area contributed by atoms with E-state index in [1.54, 1.807) is 23.9 Å². The third-order valence-corrected chi connectivity index (χ3v) is 5.10. The van der Waals surface area contributed by atoms with Crippen LogP contribution in [-0.4, -0.2) is 17.1 Å². The Labute approximate surface area is 144 Å². The molecule has 114 valence electrons. The average Bonchev–Trinajstić information content (AvgIpc) is 2.51. The number of pyridine rings is 1. The average molecular weight is 352 g/mol. The SMILES string of the molecule is CSc1ccc2c(n1)C(C)C(=N)N(c1c(Cl)cccc1Cl)C2. The van der Waals surface area contributed by atoms with E-state index >= 15 is 0 Å². The maximum Gasteiger partial charge on any atom is 0.110 e. The van der Waals surface area contributed by atoms with Crippen LogP contribution >= 0.6 is 35.0 Å². The monoisotopic (exact) mass is 351 g/mol. The standard InChI is InChI=1S/C16H15Cl2N3S/c1-9-14-10(6-7-13(20-14)22-2)8-21(16(9)19)15-11(17)4-3-5-12(15)18/h3-7,9,19H,8H2,1-2H3. The molecule has 1 N–H and O–H groups in total. The number of para-hydroxylation sites is 1. The van der Waals surface area contributed by atoms with E-state index in [0.29, 0.717) is 28.1 Å². The first-order valence-electron chi connectivity index (χ1n) is 6.86. The number of nitrogens with one attached hydrogen (secondary N) is 1. The summed E-state index contributed by atoms with van der Waals surface area (Å²) in [6, 6.07) is 9.49. The van der Waals surface area contributed by atoms with Crippen molar-refractivity contribution in [1.82, 2.24) is 4.98 Å². The maximum atomic E-state index is 8.50. The van der Waals surface area contributed by atoms with Gasteiger partial charge in [-0.1, -0.05) is 35.3 Å². The lowest BCUT2D eigenvalue weighted by molar-refractivity contribution is 0.784. The molecule has 1 aromatic carbocycles. The van der Waals surface area contributed by atoms with Crippen molar-refractivity contribution in [2.45, 2.75) is 24.4 Å². The Morgan fingerprint density at radius 3 is 2.55 bits per heavy atom. The minimum Gasteiger partial charge on any atom is -0.323 e. The van der Waals surface area contributed by atoms with Gasteiger partial charge >= 0.3 is 0 Å². The van der Waals surface area contributed by atoms with Gasteiger partial charge in [-0.2, -0.15) is 0 Å². The number of benzene rings is 1. The van der Waals surface area contributed by atoms with Gasteiger partial charge in [-0.15, -0.1) is 11.8 Å². The Morgan fingerprint density at radius 2 is 1.91 bits per heavy atom. The van der Waals surface area contributed by atoms with E-state index in [2.05, 4.69) is 11.1 Å². The molecule has 2 aromatic rings. The van der Waals surface area contributed by atoms with Gasteiger partial charge in [-0.3, -0.25) is 5.41 Å². The molecule has 3 rings (SSSR count). The molecule has 0 saturated heterocycles. The molecule has 2 heterocycles. The Kier molecular flexibility index (Phi) is 4.35. The van der Waals surface area contributed by atoms with Gasteiger partial charge in [-0.25, -0.2) is 4.98 Å². The van der Waals surface area contributed by atoms with Crippen molar-refractivity contribution in [1.29, 1.82) is 5.41 Å². The van der Waals surface area contributed by atoms with Crippen molar-refractivity contribution < 1.29 is 0 Å². The third-order valence-electron chi connectivity index (χ3n) is 3.84. The van der Waals surface area contributed by atoms with E-state index in [9.17, 15) is 0 Å². The molecule has 1 aliphatic rings. The molecule has 1 unspecified atom stereocenters. The van der Waals surface area contributed by atoms with Crippen LogP contribution in [0.3, 0.4) is 0 Å². The molecule has 0 fully saturated rings. The zero-order valence-electron chi connectivity index (χ0n) is 12.2. The first-order valence-corrected chi connectivity index (χ1v) is 8.84. The molecule has 0 saturated carbocycles. The van der Waals surface area contributed by atoms with Crippen LogP contribution in [0.4, 0.5) is 5.69 Å². The van der Waals surface area contributed by atoms with Crippen molar-refractivity contribution >= 4 is 46.5 Å². The molecular weight excluding hydrogens is 337 g/mol. The fourth-order valence-electron chi connectivity index (χ4n) is 2.67. The molecule has 0 aliphatic carbocycles. The Hall–Kier alpha value is -1.23. The quantitative estimate of drug-likeness (QED) is 0.754. The fraction of sp³-hybridized carbons (Fsp3) is 0.250. The number of halogens is 2. The van der Waals surface area contributed by atoms with Crippen LogP contribution < -0.4 is 4.90 Å². The Bertz CT molecular complexity index is 728. The molecule has 0 spiro atoms. The summed E-state index contributed by atoms with van der Waals surface area (Å²) in [5, 5.41) is 10.6. The topological polar surface area (TPSA) is 40.0 Å². The molecule has 1 aromatic heterocycles. The molecule has 6 heteroatoms. The van der Waals surface area contributed by atoms with Gasteiger partial charge in [0.15, 0.2) is 0 Å². The smallest absolute Gasteiger partial charge is 0.110 e. The summed E-state index contributed by atoms with van der Waals surface area (Å²) < 4.78 is 0. The first kappa shape index (κ1) is 15.7. The maximum absolute atomic E-state index is 8.50. The van der Waals surface area contributed by atoms with Gasteiger partial charge in [0.25, 0.3) is 0 Å². The number of anilines is 1. The Morgan fingerprint density at radius 1 is 1.23 bits per heavy atom. The Balaban J connectivity index is 2.08. The molecule has 1 aliphatic heterocycles. The zero-order valence-corrected chi connectivity index (χ0v) is 14.6. The van der Waals surface area contributed by atoms with Crippen molar-refractivity contribution in [2.75, 3.05) is 11.2 Å². The summed E-state index contributed by atoms with van der Waals surface area (Å²) >= 11 is 14.2. The molecule has 3 nitrogen and oxygen atoms in total. The van der Waals surface area contributed by atoms with Gasteiger partial charge in [0.2, 0.25) is 0 Å². The molecule has 22 heavy (non-hydrogen) atoms. The van der Waals surface area contributed by atoms with Gasteiger partial charge in [0.1, 0.15) is 5.84 Å². The van der Waals surface area contributed by atoms with Crippen LogP contribution in [0.25, 0.3) is 0 Å².